The molecular formula is C14H21N3S. The van der Waals surface area contributed by atoms with Gasteiger partial charge in [-0.2, -0.15) is 0 Å². The molecule has 3 nitrogen and oxygen atoms in total. The zero-order valence-corrected chi connectivity index (χ0v) is 11.7. The summed E-state index contributed by atoms with van der Waals surface area (Å²) in [5.74, 6) is 0.872. The Hall–Kier alpha value is -0.870. The van der Waals surface area contributed by atoms with Crippen molar-refractivity contribution in [3.63, 3.8) is 0 Å². The molecule has 0 aromatic carbocycles. The van der Waals surface area contributed by atoms with Gasteiger partial charge in [0.1, 0.15) is 0 Å². The first-order valence-electron chi connectivity index (χ1n) is 6.86. The van der Waals surface area contributed by atoms with Crippen LogP contribution in [0, 0.1) is 11.3 Å². The van der Waals surface area contributed by atoms with Gasteiger partial charge in [0.05, 0.1) is 5.69 Å². The highest BCUT2D eigenvalue weighted by atomic mass is 32.1. The Balaban J connectivity index is 1.79. The number of imidazole rings is 1. The third-order valence-corrected chi connectivity index (χ3v) is 5.28. The number of fused-ring (bicyclic) bond motifs is 1. The average Bonchev–Trinajstić information content (AvgIpc) is 3.03. The SMILES string of the molecule is CCC1CCC(CN)(Cc2cn3ccsc3n2)C1. The summed E-state index contributed by atoms with van der Waals surface area (Å²) >= 11 is 1.70. The molecule has 1 aliphatic carbocycles. The van der Waals surface area contributed by atoms with Crippen LogP contribution in [0.4, 0.5) is 0 Å². The highest BCUT2D eigenvalue weighted by Gasteiger charge is 2.37. The van der Waals surface area contributed by atoms with Gasteiger partial charge < -0.3 is 5.73 Å². The quantitative estimate of drug-likeness (QED) is 0.921. The Kier molecular flexibility index (Phi) is 3.16. The zero-order chi connectivity index (χ0) is 12.6. The second-order valence-corrected chi connectivity index (χ2v) is 6.60. The summed E-state index contributed by atoms with van der Waals surface area (Å²) in [6.45, 7) is 3.10. The fourth-order valence-corrected chi connectivity index (χ4v) is 4.06. The summed E-state index contributed by atoms with van der Waals surface area (Å²) in [6, 6.07) is 0. The average molecular weight is 263 g/mol. The molecule has 2 aromatic rings. The minimum absolute atomic E-state index is 0.310. The molecule has 0 amide bonds. The van der Waals surface area contributed by atoms with Gasteiger partial charge in [-0.1, -0.05) is 13.3 Å². The largest absolute Gasteiger partial charge is 0.330 e. The first-order valence-corrected chi connectivity index (χ1v) is 7.74. The normalized spacial score (nSPS) is 28.2. The van der Waals surface area contributed by atoms with Crippen LogP contribution in [0.25, 0.3) is 4.96 Å². The van der Waals surface area contributed by atoms with Crippen molar-refractivity contribution in [3.05, 3.63) is 23.5 Å². The molecule has 0 bridgehead atoms. The van der Waals surface area contributed by atoms with E-state index in [1.54, 1.807) is 11.3 Å². The Bertz CT molecular complexity index is 501. The van der Waals surface area contributed by atoms with Crippen LogP contribution >= 0.6 is 11.3 Å². The maximum absolute atomic E-state index is 6.07. The number of nitrogens with two attached hydrogens (primary N) is 1. The van der Waals surface area contributed by atoms with Crippen LogP contribution in [0.1, 0.15) is 38.3 Å². The molecule has 1 aliphatic rings. The van der Waals surface area contributed by atoms with Crippen molar-refractivity contribution in [2.45, 2.75) is 39.0 Å². The summed E-state index contributed by atoms with van der Waals surface area (Å²) in [6.07, 6.45) is 10.5. The molecular weight excluding hydrogens is 242 g/mol. The van der Waals surface area contributed by atoms with E-state index in [9.17, 15) is 0 Å². The van der Waals surface area contributed by atoms with Crippen molar-refractivity contribution in [1.29, 1.82) is 0 Å². The molecule has 1 fully saturated rings. The van der Waals surface area contributed by atoms with E-state index in [-0.39, 0.29) is 0 Å². The lowest BCUT2D eigenvalue weighted by molar-refractivity contribution is 0.288. The Morgan fingerprint density at radius 1 is 1.61 bits per heavy atom. The van der Waals surface area contributed by atoms with Crippen LogP contribution in [0.2, 0.25) is 0 Å². The number of thiazole rings is 1. The smallest absolute Gasteiger partial charge is 0.193 e. The number of rotatable bonds is 4. The molecule has 2 unspecified atom stereocenters. The molecule has 98 valence electrons. The van der Waals surface area contributed by atoms with Gasteiger partial charge >= 0.3 is 0 Å². The lowest BCUT2D eigenvalue weighted by atomic mass is 9.80. The van der Waals surface area contributed by atoms with Gasteiger partial charge in [-0.3, -0.25) is 4.40 Å². The Labute approximate surface area is 112 Å². The van der Waals surface area contributed by atoms with Crippen molar-refractivity contribution >= 4 is 16.3 Å². The zero-order valence-electron chi connectivity index (χ0n) is 10.9. The molecule has 4 heteroatoms. The lowest BCUT2D eigenvalue weighted by Crippen LogP contribution is -2.30. The third-order valence-electron chi connectivity index (χ3n) is 4.51. The molecule has 3 rings (SSSR count). The maximum Gasteiger partial charge on any atom is 0.193 e. The monoisotopic (exact) mass is 263 g/mol. The molecule has 2 atom stereocenters. The second kappa shape index (κ2) is 4.67. The molecule has 2 N–H and O–H groups in total. The van der Waals surface area contributed by atoms with Crippen LogP contribution in [0.5, 0.6) is 0 Å². The fourth-order valence-electron chi connectivity index (χ4n) is 3.34. The van der Waals surface area contributed by atoms with Crippen LogP contribution in [0.15, 0.2) is 17.8 Å². The van der Waals surface area contributed by atoms with Gasteiger partial charge in [-0.15, -0.1) is 11.3 Å². The number of hydrogen-bond acceptors (Lipinski definition) is 3. The van der Waals surface area contributed by atoms with E-state index in [0.29, 0.717) is 5.41 Å². The van der Waals surface area contributed by atoms with Gasteiger partial charge in [-0.05, 0) is 43.6 Å². The van der Waals surface area contributed by atoms with E-state index in [1.165, 1.54) is 31.4 Å². The molecule has 0 saturated heterocycles. The number of hydrogen-bond donors (Lipinski definition) is 1. The first kappa shape index (κ1) is 12.2. The standard InChI is InChI=1S/C14H21N3S/c1-2-11-3-4-14(7-11,10-15)8-12-9-17-5-6-18-13(17)16-12/h5-6,9,11H,2-4,7-8,10,15H2,1H3. The highest BCUT2D eigenvalue weighted by molar-refractivity contribution is 7.15. The predicted molar refractivity (Wildman–Crippen MR) is 75.9 cm³/mol. The molecule has 18 heavy (non-hydrogen) atoms. The minimum atomic E-state index is 0.310. The molecule has 2 aromatic heterocycles. The fraction of sp³-hybridized carbons (Fsp3) is 0.643. The third kappa shape index (κ3) is 2.08. The summed E-state index contributed by atoms with van der Waals surface area (Å²) in [4.78, 5) is 5.81. The molecule has 0 aliphatic heterocycles. The van der Waals surface area contributed by atoms with E-state index >= 15 is 0 Å². The summed E-state index contributed by atoms with van der Waals surface area (Å²) in [7, 11) is 0. The van der Waals surface area contributed by atoms with E-state index in [1.807, 2.05) is 0 Å². The van der Waals surface area contributed by atoms with Gasteiger partial charge in [0.25, 0.3) is 0 Å². The summed E-state index contributed by atoms with van der Waals surface area (Å²) in [5.41, 5.74) is 7.59. The number of aromatic nitrogens is 2. The molecule has 1 saturated carbocycles. The second-order valence-electron chi connectivity index (χ2n) is 5.72. The maximum atomic E-state index is 6.07. The van der Waals surface area contributed by atoms with Crippen LogP contribution in [0.3, 0.4) is 0 Å². The van der Waals surface area contributed by atoms with Crippen molar-refractivity contribution in [2.24, 2.45) is 17.1 Å². The van der Waals surface area contributed by atoms with Crippen LogP contribution in [-0.2, 0) is 6.42 Å². The topological polar surface area (TPSA) is 43.3 Å². The van der Waals surface area contributed by atoms with E-state index < -0.39 is 0 Å². The van der Waals surface area contributed by atoms with Gasteiger partial charge in [-0.25, -0.2) is 4.98 Å². The van der Waals surface area contributed by atoms with E-state index in [4.69, 9.17) is 10.7 Å². The van der Waals surface area contributed by atoms with Crippen molar-refractivity contribution in [2.75, 3.05) is 6.54 Å². The van der Waals surface area contributed by atoms with Crippen molar-refractivity contribution in [3.8, 4) is 0 Å². The molecule has 2 heterocycles. The lowest BCUT2D eigenvalue weighted by Gasteiger charge is -2.26. The molecule has 0 spiro atoms. The first-order chi connectivity index (χ1) is 8.74. The van der Waals surface area contributed by atoms with Gasteiger partial charge in [0.15, 0.2) is 4.96 Å². The van der Waals surface area contributed by atoms with Crippen molar-refractivity contribution in [1.82, 2.24) is 9.38 Å². The van der Waals surface area contributed by atoms with E-state index in [0.717, 1.165) is 23.8 Å². The van der Waals surface area contributed by atoms with Gasteiger partial charge in [0, 0.05) is 17.8 Å². The number of nitrogens with zero attached hydrogens (tertiary/aromatic N) is 2. The minimum Gasteiger partial charge on any atom is -0.330 e. The van der Waals surface area contributed by atoms with Gasteiger partial charge in [0.2, 0.25) is 0 Å². The van der Waals surface area contributed by atoms with Crippen molar-refractivity contribution < 1.29 is 0 Å². The van der Waals surface area contributed by atoms with E-state index in [2.05, 4.69) is 29.1 Å². The Morgan fingerprint density at radius 2 is 2.50 bits per heavy atom. The summed E-state index contributed by atoms with van der Waals surface area (Å²) < 4.78 is 2.12. The van der Waals surface area contributed by atoms with Crippen LogP contribution < -0.4 is 5.73 Å². The summed E-state index contributed by atoms with van der Waals surface area (Å²) in [5, 5.41) is 2.08. The highest BCUT2D eigenvalue weighted by Crippen LogP contribution is 2.44. The van der Waals surface area contributed by atoms with Crippen LogP contribution in [-0.4, -0.2) is 15.9 Å². The predicted octanol–water partition coefficient (Wildman–Crippen LogP) is 3.09. The molecule has 0 radical (unpaired) electrons. The Morgan fingerprint density at radius 3 is 3.17 bits per heavy atom.